The van der Waals surface area contributed by atoms with Crippen molar-refractivity contribution < 1.29 is 9.53 Å². The maximum Gasteiger partial charge on any atom is 0.410 e. The number of rotatable bonds is 4. The van der Waals surface area contributed by atoms with Gasteiger partial charge in [0.2, 0.25) is 0 Å². The van der Waals surface area contributed by atoms with Crippen LogP contribution in [0.5, 0.6) is 0 Å². The molecule has 0 rings (SSSR count). The first-order valence-corrected chi connectivity index (χ1v) is 6.67. The van der Waals surface area contributed by atoms with Crippen LogP contribution in [0.3, 0.4) is 0 Å². The van der Waals surface area contributed by atoms with E-state index in [1.54, 1.807) is 4.90 Å². The number of hydrogen-bond donors (Lipinski definition) is 1. The quantitative estimate of drug-likeness (QED) is 0.842. The lowest BCUT2D eigenvalue weighted by molar-refractivity contribution is 0.00652. The number of nitrogens with zero attached hydrogens (tertiary/aromatic N) is 1. The fourth-order valence-electron chi connectivity index (χ4n) is 1.48. The van der Waals surface area contributed by atoms with Crippen molar-refractivity contribution in [2.24, 2.45) is 0 Å². The Morgan fingerprint density at radius 2 is 1.67 bits per heavy atom. The van der Waals surface area contributed by atoms with Crippen molar-refractivity contribution in [3.8, 4) is 0 Å². The van der Waals surface area contributed by atoms with Gasteiger partial charge in [-0.25, -0.2) is 4.79 Å². The Balaban J connectivity index is 4.55. The molecule has 0 atom stereocenters. The van der Waals surface area contributed by atoms with Gasteiger partial charge in [-0.3, -0.25) is 0 Å². The van der Waals surface area contributed by atoms with E-state index in [2.05, 4.69) is 19.2 Å². The van der Waals surface area contributed by atoms with E-state index >= 15 is 0 Å². The van der Waals surface area contributed by atoms with Crippen LogP contribution >= 0.6 is 0 Å². The molecule has 0 aliphatic carbocycles. The molecule has 0 saturated carbocycles. The Bertz CT molecular complexity index is 262. The van der Waals surface area contributed by atoms with E-state index < -0.39 is 5.60 Å². The lowest BCUT2D eigenvalue weighted by Gasteiger charge is -2.37. The minimum absolute atomic E-state index is 0.235. The molecule has 1 amide bonds. The molecule has 4 nitrogen and oxygen atoms in total. The van der Waals surface area contributed by atoms with Crippen LogP contribution in [-0.2, 0) is 4.74 Å². The summed E-state index contributed by atoms with van der Waals surface area (Å²) < 4.78 is 5.44. The first kappa shape index (κ1) is 17.2. The van der Waals surface area contributed by atoms with Crippen molar-refractivity contribution in [1.82, 2.24) is 10.2 Å². The smallest absolute Gasteiger partial charge is 0.410 e. The molecule has 0 radical (unpaired) electrons. The molecule has 4 heteroatoms. The van der Waals surface area contributed by atoms with E-state index in [4.69, 9.17) is 4.74 Å². The lowest BCUT2D eigenvalue weighted by atomic mass is 10.1. The maximum atomic E-state index is 12.2. The zero-order chi connectivity index (χ0) is 14.6. The molecular weight excluding hydrogens is 228 g/mol. The van der Waals surface area contributed by atoms with Crippen LogP contribution in [0.2, 0.25) is 0 Å². The number of ether oxygens (including phenoxy) is 1. The molecule has 108 valence electrons. The van der Waals surface area contributed by atoms with Crippen molar-refractivity contribution in [2.75, 3.05) is 13.1 Å². The third kappa shape index (κ3) is 7.54. The van der Waals surface area contributed by atoms with Gasteiger partial charge in [-0.1, -0.05) is 13.8 Å². The fraction of sp³-hybridized carbons (Fsp3) is 0.929. The summed E-state index contributed by atoms with van der Waals surface area (Å²) in [6, 6.07) is 0.422. The topological polar surface area (TPSA) is 41.6 Å². The van der Waals surface area contributed by atoms with Gasteiger partial charge in [0, 0.05) is 24.7 Å². The molecular formula is C14H30N2O2. The predicted molar refractivity (Wildman–Crippen MR) is 75.8 cm³/mol. The van der Waals surface area contributed by atoms with Gasteiger partial charge in [0.05, 0.1) is 0 Å². The first-order valence-electron chi connectivity index (χ1n) is 6.67. The monoisotopic (exact) mass is 258 g/mol. The minimum atomic E-state index is -0.452. The summed E-state index contributed by atoms with van der Waals surface area (Å²) in [5.74, 6) is 0. The third-order valence-corrected chi connectivity index (χ3v) is 2.31. The van der Waals surface area contributed by atoms with Gasteiger partial charge in [-0.05, 0) is 41.5 Å². The Morgan fingerprint density at radius 3 is 2.00 bits per heavy atom. The van der Waals surface area contributed by atoms with Crippen LogP contribution in [-0.4, -0.2) is 41.3 Å². The van der Waals surface area contributed by atoms with E-state index in [1.807, 2.05) is 41.5 Å². The van der Waals surface area contributed by atoms with E-state index in [0.717, 1.165) is 6.54 Å². The summed E-state index contributed by atoms with van der Waals surface area (Å²) in [6.45, 7) is 17.3. The van der Waals surface area contributed by atoms with Crippen LogP contribution < -0.4 is 5.32 Å². The van der Waals surface area contributed by atoms with E-state index in [-0.39, 0.29) is 11.6 Å². The van der Waals surface area contributed by atoms with Crippen LogP contribution in [0.1, 0.15) is 55.4 Å². The number of amides is 1. The molecule has 0 aromatic heterocycles. The predicted octanol–water partition coefficient (Wildman–Crippen LogP) is 3.02. The number of hydrogen-bond acceptors (Lipinski definition) is 3. The molecule has 0 saturated heterocycles. The molecule has 0 unspecified atom stereocenters. The summed E-state index contributed by atoms with van der Waals surface area (Å²) >= 11 is 0. The molecule has 18 heavy (non-hydrogen) atoms. The molecule has 0 aliphatic heterocycles. The van der Waals surface area contributed by atoms with Crippen LogP contribution in [0.25, 0.3) is 0 Å². The summed E-state index contributed by atoms with van der Waals surface area (Å²) in [4.78, 5) is 13.9. The molecule has 0 fully saturated rings. The second-order valence-corrected chi connectivity index (χ2v) is 6.91. The highest BCUT2D eigenvalue weighted by Crippen LogP contribution is 2.17. The standard InChI is InChI=1S/C14H30N2O2/c1-11(2)15-9-10-16(13(3,4)5)12(17)18-14(6,7)8/h11,15H,9-10H2,1-8H3. The number of nitrogens with one attached hydrogen (secondary N) is 1. The Labute approximate surface area is 112 Å². The SMILES string of the molecule is CC(C)NCCN(C(=O)OC(C)(C)C)C(C)(C)C. The van der Waals surface area contributed by atoms with Crippen LogP contribution in [0, 0.1) is 0 Å². The number of carbonyl (C=O) groups excluding carboxylic acids is 1. The molecule has 0 spiro atoms. The van der Waals surface area contributed by atoms with Crippen LogP contribution in [0.15, 0.2) is 0 Å². The van der Waals surface area contributed by atoms with Crippen molar-refractivity contribution in [1.29, 1.82) is 0 Å². The second-order valence-electron chi connectivity index (χ2n) is 6.91. The normalized spacial score (nSPS) is 12.7. The molecule has 0 heterocycles. The van der Waals surface area contributed by atoms with E-state index in [0.29, 0.717) is 12.6 Å². The summed E-state index contributed by atoms with van der Waals surface area (Å²) in [5.41, 5.74) is -0.687. The molecule has 0 aromatic rings. The molecule has 0 bridgehead atoms. The largest absolute Gasteiger partial charge is 0.444 e. The third-order valence-electron chi connectivity index (χ3n) is 2.31. The summed E-state index contributed by atoms with van der Waals surface area (Å²) in [6.07, 6.45) is -0.249. The highest BCUT2D eigenvalue weighted by atomic mass is 16.6. The maximum absolute atomic E-state index is 12.2. The Hall–Kier alpha value is -0.770. The lowest BCUT2D eigenvalue weighted by Crippen LogP contribution is -2.50. The first-order chi connectivity index (χ1) is 7.93. The fourth-order valence-corrected chi connectivity index (χ4v) is 1.48. The molecule has 0 aliphatic rings. The average Bonchev–Trinajstić information content (AvgIpc) is 2.06. The number of carbonyl (C=O) groups is 1. The van der Waals surface area contributed by atoms with Gasteiger partial charge in [0.1, 0.15) is 5.60 Å². The van der Waals surface area contributed by atoms with Crippen molar-refractivity contribution in [2.45, 2.75) is 72.6 Å². The Kier molecular flexibility index (Phi) is 6.14. The highest BCUT2D eigenvalue weighted by molar-refractivity contribution is 5.69. The second kappa shape index (κ2) is 6.41. The zero-order valence-corrected chi connectivity index (χ0v) is 13.3. The highest BCUT2D eigenvalue weighted by Gasteiger charge is 2.30. The van der Waals surface area contributed by atoms with Crippen molar-refractivity contribution in [3.05, 3.63) is 0 Å². The van der Waals surface area contributed by atoms with Crippen molar-refractivity contribution in [3.63, 3.8) is 0 Å². The van der Waals surface area contributed by atoms with E-state index in [9.17, 15) is 4.79 Å². The van der Waals surface area contributed by atoms with E-state index in [1.165, 1.54) is 0 Å². The van der Waals surface area contributed by atoms with Gasteiger partial charge in [0.25, 0.3) is 0 Å². The van der Waals surface area contributed by atoms with Gasteiger partial charge in [-0.15, -0.1) is 0 Å². The Morgan fingerprint density at radius 1 is 1.17 bits per heavy atom. The average molecular weight is 258 g/mol. The molecule has 1 N–H and O–H groups in total. The zero-order valence-electron chi connectivity index (χ0n) is 13.3. The van der Waals surface area contributed by atoms with Gasteiger partial charge in [-0.2, -0.15) is 0 Å². The van der Waals surface area contributed by atoms with Crippen molar-refractivity contribution >= 4 is 6.09 Å². The van der Waals surface area contributed by atoms with Crippen LogP contribution in [0.4, 0.5) is 4.79 Å². The summed E-state index contributed by atoms with van der Waals surface area (Å²) in [7, 11) is 0. The van der Waals surface area contributed by atoms with Gasteiger partial charge < -0.3 is 15.0 Å². The summed E-state index contributed by atoms with van der Waals surface area (Å²) in [5, 5.41) is 3.32. The van der Waals surface area contributed by atoms with Gasteiger partial charge >= 0.3 is 6.09 Å². The minimum Gasteiger partial charge on any atom is -0.444 e. The molecule has 0 aromatic carbocycles. The van der Waals surface area contributed by atoms with Gasteiger partial charge in [0.15, 0.2) is 0 Å².